The molecule has 4 aromatic rings. The number of carbonyl (C=O) groups is 1. The van der Waals surface area contributed by atoms with Gasteiger partial charge in [0.1, 0.15) is 6.04 Å². The molecule has 1 aliphatic rings. The van der Waals surface area contributed by atoms with Gasteiger partial charge in [0.2, 0.25) is 0 Å². The Kier molecular flexibility index (Phi) is 4.28. The van der Waals surface area contributed by atoms with Gasteiger partial charge in [-0.25, -0.2) is 14.5 Å². The molecule has 5 rings (SSSR count). The minimum absolute atomic E-state index is 0.0311. The summed E-state index contributed by atoms with van der Waals surface area (Å²) in [4.78, 5) is 21.2. The maximum absolute atomic E-state index is 13.4. The number of imidazole rings is 2. The fraction of sp³-hybridized carbons (Fsp3) is 0.333. The number of benzene rings is 1. The Bertz CT molecular complexity index is 1320. The summed E-state index contributed by atoms with van der Waals surface area (Å²) < 4.78 is 43.2. The second kappa shape index (κ2) is 6.79. The molecular weight excluding hydrogens is 409 g/mol. The van der Waals surface area contributed by atoms with Crippen LogP contribution in [-0.4, -0.2) is 42.3 Å². The van der Waals surface area contributed by atoms with E-state index in [2.05, 4.69) is 20.4 Å². The van der Waals surface area contributed by atoms with Crippen LogP contribution < -0.4 is 5.32 Å². The maximum atomic E-state index is 13.4. The predicted molar refractivity (Wildman–Crippen MR) is 107 cm³/mol. The zero-order valence-corrected chi connectivity index (χ0v) is 16.8. The van der Waals surface area contributed by atoms with E-state index in [9.17, 15) is 18.0 Å². The molecule has 0 radical (unpaired) electrons. The van der Waals surface area contributed by atoms with Crippen LogP contribution in [0.1, 0.15) is 28.9 Å². The van der Waals surface area contributed by atoms with Crippen LogP contribution in [0.2, 0.25) is 0 Å². The van der Waals surface area contributed by atoms with E-state index in [1.54, 1.807) is 6.33 Å². The van der Waals surface area contributed by atoms with Crippen molar-refractivity contribution in [3.05, 3.63) is 48.0 Å². The summed E-state index contributed by atoms with van der Waals surface area (Å²) >= 11 is 0. The van der Waals surface area contributed by atoms with Crippen molar-refractivity contribution in [2.24, 2.45) is 13.0 Å². The number of nitrogens with one attached hydrogen (secondary N) is 1. The van der Waals surface area contributed by atoms with E-state index in [1.165, 1.54) is 10.7 Å². The smallest absolute Gasteiger partial charge is 0.339 e. The van der Waals surface area contributed by atoms with Crippen molar-refractivity contribution in [3.63, 3.8) is 0 Å². The van der Waals surface area contributed by atoms with Gasteiger partial charge in [0.25, 0.3) is 5.91 Å². The fourth-order valence-electron chi connectivity index (χ4n) is 3.82. The van der Waals surface area contributed by atoms with Crippen LogP contribution in [0.4, 0.5) is 13.2 Å². The molecule has 1 fully saturated rings. The molecule has 1 unspecified atom stereocenters. The molecule has 1 atom stereocenters. The highest BCUT2D eigenvalue weighted by Crippen LogP contribution is 2.40. The van der Waals surface area contributed by atoms with E-state index in [0.29, 0.717) is 24.2 Å². The first-order valence-electron chi connectivity index (χ1n) is 9.87. The van der Waals surface area contributed by atoms with Gasteiger partial charge in [-0.1, -0.05) is 6.07 Å². The third-order valence-corrected chi connectivity index (χ3v) is 5.64. The van der Waals surface area contributed by atoms with Crippen molar-refractivity contribution in [2.45, 2.75) is 32.0 Å². The van der Waals surface area contributed by atoms with Crippen molar-refractivity contribution in [3.8, 4) is 11.3 Å². The summed E-state index contributed by atoms with van der Waals surface area (Å²) in [5.41, 5.74) is 4.27. The Morgan fingerprint density at radius 3 is 2.71 bits per heavy atom. The molecule has 0 aliphatic heterocycles. The predicted octanol–water partition coefficient (Wildman–Crippen LogP) is 3.66. The van der Waals surface area contributed by atoms with Crippen molar-refractivity contribution in [1.29, 1.82) is 0 Å². The van der Waals surface area contributed by atoms with Crippen molar-refractivity contribution in [1.82, 2.24) is 29.5 Å². The number of amides is 1. The van der Waals surface area contributed by atoms with Gasteiger partial charge in [-0.15, -0.1) is 0 Å². The molecular formula is C21H19F3N6O. The summed E-state index contributed by atoms with van der Waals surface area (Å²) in [5, 5.41) is 6.66. The summed E-state index contributed by atoms with van der Waals surface area (Å²) in [6.45, 7) is 1.82. The van der Waals surface area contributed by atoms with Gasteiger partial charge in [-0.2, -0.15) is 18.3 Å². The first-order valence-corrected chi connectivity index (χ1v) is 9.87. The molecule has 31 heavy (non-hydrogen) atoms. The van der Waals surface area contributed by atoms with Gasteiger partial charge in [-0.05, 0) is 49.4 Å². The molecule has 1 aromatic carbocycles. The Balaban J connectivity index is 1.55. The second-order valence-electron chi connectivity index (χ2n) is 7.98. The average molecular weight is 428 g/mol. The third kappa shape index (κ3) is 3.41. The quantitative estimate of drug-likeness (QED) is 0.538. The Morgan fingerprint density at radius 2 is 2.00 bits per heavy atom. The van der Waals surface area contributed by atoms with Crippen molar-refractivity contribution < 1.29 is 18.0 Å². The Labute approximate surface area is 174 Å². The van der Waals surface area contributed by atoms with Gasteiger partial charge < -0.3 is 9.88 Å². The fourth-order valence-corrected chi connectivity index (χ4v) is 3.82. The first-order chi connectivity index (χ1) is 14.7. The van der Waals surface area contributed by atoms with E-state index in [-0.39, 0.29) is 5.69 Å². The number of halogens is 3. The topological polar surface area (TPSA) is 77.1 Å². The number of aryl methyl sites for hydroxylation is 2. The summed E-state index contributed by atoms with van der Waals surface area (Å²) in [6.07, 6.45) is -0.611. The molecule has 3 heterocycles. The summed E-state index contributed by atoms with van der Waals surface area (Å²) in [6, 6.07) is 5.65. The number of rotatable bonds is 4. The molecule has 1 amide bonds. The minimum atomic E-state index is -4.50. The Morgan fingerprint density at radius 1 is 1.23 bits per heavy atom. The molecule has 1 aliphatic carbocycles. The van der Waals surface area contributed by atoms with Crippen LogP contribution in [0.15, 0.2) is 36.8 Å². The van der Waals surface area contributed by atoms with Crippen LogP contribution in [0.3, 0.4) is 0 Å². The number of hydrogen-bond acceptors (Lipinski definition) is 4. The molecule has 0 bridgehead atoms. The molecule has 160 valence electrons. The number of alkyl halides is 3. The number of hydrogen-bond donors (Lipinski definition) is 1. The van der Waals surface area contributed by atoms with Crippen LogP contribution >= 0.6 is 0 Å². The van der Waals surface area contributed by atoms with Crippen LogP contribution in [0.25, 0.3) is 27.9 Å². The van der Waals surface area contributed by atoms with Gasteiger partial charge in [0.15, 0.2) is 11.3 Å². The lowest BCUT2D eigenvalue weighted by Gasteiger charge is -2.21. The van der Waals surface area contributed by atoms with E-state index in [4.69, 9.17) is 0 Å². The van der Waals surface area contributed by atoms with Gasteiger partial charge in [-0.3, -0.25) is 4.79 Å². The van der Waals surface area contributed by atoms with E-state index in [0.717, 1.165) is 22.2 Å². The highest BCUT2D eigenvalue weighted by atomic mass is 19.4. The minimum Gasteiger partial charge on any atom is -0.339 e. The zero-order chi connectivity index (χ0) is 21.9. The van der Waals surface area contributed by atoms with Gasteiger partial charge >= 0.3 is 6.18 Å². The number of nitrogens with zero attached hydrogens (tertiary/aromatic N) is 5. The number of fused-ring (bicyclic) bond motifs is 2. The maximum Gasteiger partial charge on any atom is 0.408 e. The molecule has 10 heteroatoms. The molecule has 3 aromatic heterocycles. The number of carbonyl (C=O) groups excluding carboxylic acids is 1. The lowest BCUT2D eigenvalue weighted by atomic mass is 10.1. The largest absolute Gasteiger partial charge is 0.408 e. The standard InChI is InChI=1S/C21H19F3N6O/c1-11-7-15(13-5-6-14-16(8-13)29(2)10-26-14)28-30-17(9-25-19(11)30)20(31)27-18(12-3-4-12)21(22,23)24/h5-10,12,18H,3-4H2,1-2H3,(H,27,31). The van der Waals surface area contributed by atoms with Crippen LogP contribution in [-0.2, 0) is 7.05 Å². The third-order valence-electron chi connectivity index (χ3n) is 5.64. The SMILES string of the molecule is Cc1cc(-c2ccc3ncn(C)c3c2)nn2c(C(=O)NC(C3CC3)C(F)(F)F)cnc12. The van der Waals surface area contributed by atoms with Crippen LogP contribution in [0.5, 0.6) is 0 Å². The molecule has 0 spiro atoms. The van der Waals surface area contributed by atoms with Crippen LogP contribution in [0, 0.1) is 12.8 Å². The van der Waals surface area contributed by atoms with Gasteiger partial charge in [0.05, 0.1) is 29.3 Å². The van der Waals surface area contributed by atoms with Gasteiger partial charge in [0, 0.05) is 12.6 Å². The highest BCUT2D eigenvalue weighted by Gasteiger charge is 2.49. The average Bonchev–Trinajstić information content (AvgIpc) is 3.35. The monoisotopic (exact) mass is 428 g/mol. The van der Waals surface area contributed by atoms with Crippen molar-refractivity contribution >= 4 is 22.6 Å². The normalized spacial score (nSPS) is 15.5. The van der Waals surface area contributed by atoms with E-state index >= 15 is 0 Å². The molecule has 1 saturated carbocycles. The molecule has 7 nitrogen and oxygen atoms in total. The summed E-state index contributed by atoms with van der Waals surface area (Å²) in [5.74, 6) is -1.41. The Hall–Kier alpha value is -3.43. The van der Waals surface area contributed by atoms with Crippen molar-refractivity contribution in [2.75, 3.05) is 0 Å². The zero-order valence-electron chi connectivity index (χ0n) is 16.8. The van der Waals surface area contributed by atoms with E-state index in [1.807, 2.05) is 42.8 Å². The lowest BCUT2D eigenvalue weighted by Crippen LogP contribution is -2.47. The summed E-state index contributed by atoms with van der Waals surface area (Å²) in [7, 11) is 1.89. The first kappa shape index (κ1) is 19.5. The molecule has 0 saturated heterocycles. The second-order valence-corrected chi connectivity index (χ2v) is 7.98. The highest BCUT2D eigenvalue weighted by molar-refractivity contribution is 5.93. The molecule has 1 N–H and O–H groups in total. The van der Waals surface area contributed by atoms with E-state index < -0.39 is 24.0 Å². The lowest BCUT2D eigenvalue weighted by molar-refractivity contribution is -0.158. The number of aromatic nitrogens is 5.